The van der Waals surface area contributed by atoms with Crippen LogP contribution >= 0.6 is 0 Å². The van der Waals surface area contributed by atoms with Crippen molar-refractivity contribution in [2.75, 3.05) is 5.32 Å². The zero-order chi connectivity index (χ0) is 24.1. The first-order valence-corrected chi connectivity index (χ1v) is 11.8. The first-order valence-electron chi connectivity index (χ1n) is 10.4. The molecular weight excluding hydrogens is 448 g/mol. The standard InChI is InChI=1S/C27H20N2O4S/c1-19-6-4-10-24(14-19)29-27(30)23(18-28)15-20-7-5-11-25(16-20)33-34(31,32)26-13-12-21-8-2-3-9-22(21)17-26/h2-17H,1H3,(H,29,30)/b23-15+. The lowest BCUT2D eigenvalue weighted by Crippen LogP contribution is -2.13. The van der Waals surface area contributed by atoms with Crippen LogP contribution in [-0.2, 0) is 14.9 Å². The maximum absolute atomic E-state index is 12.8. The van der Waals surface area contributed by atoms with Crippen LogP contribution < -0.4 is 9.50 Å². The van der Waals surface area contributed by atoms with Crippen molar-refractivity contribution in [3.63, 3.8) is 0 Å². The minimum absolute atomic E-state index is 0.0300. The van der Waals surface area contributed by atoms with Gasteiger partial charge in [-0.25, -0.2) is 0 Å². The predicted octanol–water partition coefficient (Wildman–Crippen LogP) is 5.46. The smallest absolute Gasteiger partial charge is 0.339 e. The van der Waals surface area contributed by atoms with E-state index in [0.717, 1.165) is 16.3 Å². The number of benzene rings is 4. The zero-order valence-corrected chi connectivity index (χ0v) is 19.0. The molecule has 0 saturated carbocycles. The molecule has 4 aromatic rings. The summed E-state index contributed by atoms with van der Waals surface area (Å²) in [7, 11) is -4.08. The molecule has 1 N–H and O–H groups in total. The molecule has 0 radical (unpaired) electrons. The van der Waals surface area contributed by atoms with E-state index in [4.69, 9.17) is 4.18 Å². The minimum atomic E-state index is -4.08. The molecule has 0 aromatic heterocycles. The largest absolute Gasteiger partial charge is 0.379 e. The average molecular weight is 469 g/mol. The van der Waals surface area contributed by atoms with E-state index >= 15 is 0 Å². The number of nitriles is 1. The topological polar surface area (TPSA) is 96.3 Å². The molecule has 0 heterocycles. The molecule has 1 amide bonds. The SMILES string of the molecule is Cc1cccc(NC(=O)/C(C#N)=C/c2cccc(OS(=O)(=O)c3ccc4ccccc4c3)c2)c1. The fourth-order valence-electron chi connectivity index (χ4n) is 3.39. The number of nitrogens with one attached hydrogen (secondary N) is 1. The molecule has 0 unspecified atom stereocenters. The van der Waals surface area contributed by atoms with Crippen molar-refractivity contribution in [2.24, 2.45) is 0 Å². The van der Waals surface area contributed by atoms with Crippen LogP contribution in [0.5, 0.6) is 5.75 Å². The number of carbonyl (C=O) groups is 1. The number of rotatable bonds is 6. The Morgan fingerprint density at radius 3 is 2.44 bits per heavy atom. The van der Waals surface area contributed by atoms with Crippen molar-refractivity contribution in [3.8, 4) is 11.8 Å². The van der Waals surface area contributed by atoms with Gasteiger partial charge in [-0.1, -0.05) is 54.6 Å². The van der Waals surface area contributed by atoms with Gasteiger partial charge in [0, 0.05) is 5.69 Å². The molecule has 0 spiro atoms. The van der Waals surface area contributed by atoms with Gasteiger partial charge in [-0.05, 0) is 71.3 Å². The lowest BCUT2D eigenvalue weighted by molar-refractivity contribution is -0.112. The molecule has 4 rings (SSSR count). The van der Waals surface area contributed by atoms with Crippen LogP contribution in [0, 0.1) is 18.3 Å². The summed E-state index contributed by atoms with van der Waals surface area (Å²) in [5.74, 6) is -0.499. The van der Waals surface area contributed by atoms with Crippen LogP contribution in [0.2, 0.25) is 0 Å². The summed E-state index contributed by atoms with van der Waals surface area (Å²) in [5, 5.41) is 13.9. The van der Waals surface area contributed by atoms with Gasteiger partial charge in [-0.3, -0.25) is 4.79 Å². The first kappa shape index (κ1) is 22.8. The van der Waals surface area contributed by atoms with E-state index in [9.17, 15) is 18.5 Å². The van der Waals surface area contributed by atoms with Crippen LogP contribution in [0.25, 0.3) is 16.8 Å². The van der Waals surface area contributed by atoms with Crippen molar-refractivity contribution in [2.45, 2.75) is 11.8 Å². The Kier molecular flexibility index (Phi) is 6.44. The Balaban J connectivity index is 1.56. The normalized spacial score (nSPS) is 11.6. The summed E-state index contributed by atoms with van der Waals surface area (Å²) in [6, 6.07) is 27.5. The second-order valence-corrected chi connectivity index (χ2v) is 9.16. The number of hydrogen-bond acceptors (Lipinski definition) is 5. The van der Waals surface area contributed by atoms with E-state index in [1.165, 1.54) is 24.3 Å². The van der Waals surface area contributed by atoms with Crippen LogP contribution in [0.4, 0.5) is 5.69 Å². The van der Waals surface area contributed by atoms with Gasteiger partial charge in [0.1, 0.15) is 22.3 Å². The molecule has 0 fully saturated rings. The number of carbonyl (C=O) groups excluding carboxylic acids is 1. The van der Waals surface area contributed by atoms with Crippen molar-refractivity contribution >= 4 is 38.6 Å². The van der Waals surface area contributed by atoms with E-state index in [2.05, 4.69) is 5.32 Å². The third-order valence-electron chi connectivity index (χ3n) is 5.03. The quantitative estimate of drug-likeness (QED) is 0.230. The maximum Gasteiger partial charge on any atom is 0.339 e. The lowest BCUT2D eigenvalue weighted by Gasteiger charge is -2.09. The number of fused-ring (bicyclic) bond motifs is 1. The summed E-state index contributed by atoms with van der Waals surface area (Å²) in [4.78, 5) is 12.6. The summed E-state index contributed by atoms with van der Waals surface area (Å²) >= 11 is 0. The molecule has 0 bridgehead atoms. The Hall–Kier alpha value is -4.41. The Labute approximate surface area is 197 Å². The van der Waals surface area contributed by atoms with Crippen molar-refractivity contribution in [3.05, 3.63) is 108 Å². The molecule has 168 valence electrons. The molecule has 6 nitrogen and oxygen atoms in total. The molecule has 34 heavy (non-hydrogen) atoms. The second-order valence-electron chi connectivity index (χ2n) is 7.61. The van der Waals surface area contributed by atoms with Gasteiger partial charge in [0.15, 0.2) is 0 Å². The second kappa shape index (κ2) is 9.61. The minimum Gasteiger partial charge on any atom is -0.379 e. The molecule has 0 aliphatic carbocycles. The monoisotopic (exact) mass is 468 g/mol. The van der Waals surface area contributed by atoms with E-state index in [1.807, 2.05) is 43.3 Å². The van der Waals surface area contributed by atoms with Gasteiger partial charge in [-0.2, -0.15) is 13.7 Å². The molecule has 0 aliphatic rings. The highest BCUT2D eigenvalue weighted by molar-refractivity contribution is 7.87. The van der Waals surface area contributed by atoms with Gasteiger partial charge < -0.3 is 9.50 Å². The Morgan fingerprint density at radius 2 is 1.68 bits per heavy atom. The molecular formula is C27H20N2O4S. The van der Waals surface area contributed by atoms with E-state index in [0.29, 0.717) is 11.3 Å². The molecule has 4 aromatic carbocycles. The van der Waals surface area contributed by atoms with E-state index < -0.39 is 16.0 Å². The summed E-state index contributed by atoms with van der Waals surface area (Å²) in [6.07, 6.45) is 1.38. The Bertz CT molecular complexity index is 1570. The van der Waals surface area contributed by atoms with Crippen LogP contribution in [0.15, 0.2) is 101 Å². The van der Waals surface area contributed by atoms with Crippen LogP contribution in [0.3, 0.4) is 0 Å². The number of aryl methyl sites for hydroxylation is 1. The molecule has 0 aliphatic heterocycles. The number of anilines is 1. The van der Waals surface area contributed by atoms with Crippen LogP contribution in [-0.4, -0.2) is 14.3 Å². The summed E-state index contributed by atoms with van der Waals surface area (Å²) in [6.45, 7) is 1.90. The molecule has 0 atom stereocenters. The zero-order valence-electron chi connectivity index (χ0n) is 18.2. The van der Waals surface area contributed by atoms with Gasteiger partial charge in [-0.15, -0.1) is 0 Å². The van der Waals surface area contributed by atoms with Gasteiger partial charge in [0.05, 0.1) is 0 Å². The molecule has 0 saturated heterocycles. The number of amides is 1. The third kappa shape index (κ3) is 5.31. The fraction of sp³-hybridized carbons (Fsp3) is 0.0370. The first-order chi connectivity index (χ1) is 16.3. The van der Waals surface area contributed by atoms with Crippen molar-refractivity contribution in [1.29, 1.82) is 5.26 Å². The summed E-state index contributed by atoms with van der Waals surface area (Å²) in [5.41, 5.74) is 1.86. The van der Waals surface area contributed by atoms with E-state index in [1.54, 1.807) is 42.5 Å². The Morgan fingerprint density at radius 1 is 0.912 bits per heavy atom. The fourth-order valence-corrected chi connectivity index (χ4v) is 4.35. The van der Waals surface area contributed by atoms with Crippen LogP contribution in [0.1, 0.15) is 11.1 Å². The highest BCUT2D eigenvalue weighted by Gasteiger charge is 2.17. The number of hydrogen-bond donors (Lipinski definition) is 1. The van der Waals surface area contributed by atoms with Gasteiger partial charge >= 0.3 is 10.1 Å². The lowest BCUT2D eigenvalue weighted by atomic mass is 10.1. The van der Waals surface area contributed by atoms with Gasteiger partial charge in [0.25, 0.3) is 5.91 Å². The van der Waals surface area contributed by atoms with Gasteiger partial charge in [0.2, 0.25) is 0 Å². The van der Waals surface area contributed by atoms with Crippen molar-refractivity contribution < 1.29 is 17.4 Å². The summed E-state index contributed by atoms with van der Waals surface area (Å²) < 4.78 is 31.0. The highest BCUT2D eigenvalue weighted by atomic mass is 32.2. The average Bonchev–Trinajstić information content (AvgIpc) is 2.82. The third-order valence-corrected chi connectivity index (χ3v) is 6.27. The number of nitrogens with zero attached hydrogens (tertiary/aromatic N) is 1. The predicted molar refractivity (Wildman–Crippen MR) is 132 cm³/mol. The highest BCUT2D eigenvalue weighted by Crippen LogP contribution is 2.24. The van der Waals surface area contributed by atoms with Crippen molar-refractivity contribution in [1.82, 2.24) is 0 Å². The molecule has 7 heteroatoms. The van der Waals surface area contributed by atoms with E-state index in [-0.39, 0.29) is 16.2 Å². The maximum atomic E-state index is 12.8.